The summed E-state index contributed by atoms with van der Waals surface area (Å²) in [5.74, 6) is -0.0248. The molecule has 1 aromatic rings. The summed E-state index contributed by atoms with van der Waals surface area (Å²) in [5, 5.41) is 18.1. The Labute approximate surface area is 83.3 Å². The SMILES string of the molecule is OB(O)C1CCN(c2ccncc2)C1. The smallest absolute Gasteiger partial charge is 0.427 e. The predicted molar refractivity (Wildman–Crippen MR) is 55.0 cm³/mol. The molecule has 2 rings (SSSR count). The number of anilines is 1. The molecule has 1 fully saturated rings. The lowest BCUT2D eigenvalue weighted by atomic mass is 9.72. The first-order chi connectivity index (χ1) is 6.77. The van der Waals surface area contributed by atoms with E-state index in [1.807, 2.05) is 12.1 Å². The van der Waals surface area contributed by atoms with Crippen LogP contribution in [0.4, 0.5) is 5.69 Å². The normalized spacial score (nSPS) is 21.3. The summed E-state index contributed by atoms with van der Waals surface area (Å²) in [4.78, 5) is 6.09. The van der Waals surface area contributed by atoms with Gasteiger partial charge in [-0.15, -0.1) is 0 Å². The van der Waals surface area contributed by atoms with Crippen molar-refractivity contribution in [1.29, 1.82) is 0 Å². The number of hydrogen-bond donors (Lipinski definition) is 2. The second kappa shape index (κ2) is 3.98. The molecular formula is C9H13BN2O2. The molecule has 0 radical (unpaired) electrons. The minimum Gasteiger partial charge on any atom is -0.427 e. The lowest BCUT2D eigenvalue weighted by Gasteiger charge is -2.17. The van der Waals surface area contributed by atoms with Gasteiger partial charge in [0.15, 0.2) is 0 Å². The van der Waals surface area contributed by atoms with Crippen molar-refractivity contribution < 1.29 is 10.0 Å². The molecule has 0 bridgehead atoms. The van der Waals surface area contributed by atoms with Crippen molar-refractivity contribution in [2.75, 3.05) is 18.0 Å². The van der Waals surface area contributed by atoms with Crippen LogP contribution in [0.15, 0.2) is 24.5 Å². The van der Waals surface area contributed by atoms with E-state index >= 15 is 0 Å². The summed E-state index contributed by atoms with van der Waals surface area (Å²) in [7, 11) is -1.19. The van der Waals surface area contributed by atoms with Crippen molar-refractivity contribution in [3.05, 3.63) is 24.5 Å². The maximum atomic E-state index is 9.03. The van der Waals surface area contributed by atoms with Gasteiger partial charge in [-0.2, -0.15) is 0 Å². The van der Waals surface area contributed by atoms with Crippen molar-refractivity contribution in [2.24, 2.45) is 0 Å². The van der Waals surface area contributed by atoms with Crippen molar-refractivity contribution in [1.82, 2.24) is 4.98 Å². The molecule has 4 nitrogen and oxygen atoms in total. The highest BCUT2D eigenvalue weighted by Gasteiger charge is 2.31. The molecule has 1 aliphatic heterocycles. The van der Waals surface area contributed by atoms with Crippen LogP contribution in [-0.4, -0.2) is 35.2 Å². The summed E-state index contributed by atoms with van der Waals surface area (Å²) in [6.45, 7) is 1.59. The van der Waals surface area contributed by atoms with E-state index in [1.165, 1.54) is 0 Å². The third-order valence-corrected chi connectivity index (χ3v) is 2.67. The Morgan fingerprint density at radius 1 is 1.36 bits per heavy atom. The fourth-order valence-electron chi connectivity index (χ4n) is 1.82. The minimum absolute atomic E-state index is 0.0248. The zero-order valence-corrected chi connectivity index (χ0v) is 7.87. The van der Waals surface area contributed by atoms with Crippen molar-refractivity contribution >= 4 is 12.8 Å². The Kier molecular flexibility index (Phi) is 2.70. The Morgan fingerprint density at radius 3 is 2.64 bits per heavy atom. The van der Waals surface area contributed by atoms with E-state index in [-0.39, 0.29) is 5.82 Å². The average molecular weight is 192 g/mol. The van der Waals surface area contributed by atoms with E-state index in [0.29, 0.717) is 6.54 Å². The Bertz CT molecular complexity index is 294. The molecule has 0 saturated carbocycles. The molecule has 1 aromatic heterocycles. The molecule has 14 heavy (non-hydrogen) atoms. The van der Waals surface area contributed by atoms with Gasteiger partial charge < -0.3 is 14.9 Å². The van der Waals surface area contributed by atoms with Crippen molar-refractivity contribution in [3.8, 4) is 0 Å². The molecule has 1 atom stereocenters. The van der Waals surface area contributed by atoms with Gasteiger partial charge in [0.05, 0.1) is 0 Å². The molecular weight excluding hydrogens is 179 g/mol. The Balaban J connectivity index is 2.03. The van der Waals surface area contributed by atoms with Gasteiger partial charge in [0.1, 0.15) is 0 Å². The Hall–Kier alpha value is -1.07. The Morgan fingerprint density at radius 2 is 2.07 bits per heavy atom. The molecule has 0 aliphatic carbocycles. The van der Waals surface area contributed by atoms with Gasteiger partial charge in [-0.25, -0.2) is 0 Å². The highest BCUT2D eigenvalue weighted by Crippen LogP contribution is 2.27. The van der Waals surface area contributed by atoms with Gasteiger partial charge >= 0.3 is 7.12 Å². The van der Waals surface area contributed by atoms with Gasteiger partial charge in [0, 0.05) is 37.0 Å². The summed E-state index contributed by atoms with van der Waals surface area (Å²) in [5.41, 5.74) is 1.10. The molecule has 74 valence electrons. The van der Waals surface area contributed by atoms with Crippen LogP contribution in [0, 0.1) is 0 Å². The minimum atomic E-state index is -1.19. The van der Waals surface area contributed by atoms with Gasteiger partial charge in [0.2, 0.25) is 0 Å². The summed E-state index contributed by atoms with van der Waals surface area (Å²) in [6.07, 6.45) is 4.33. The molecule has 1 aliphatic rings. The first kappa shape index (κ1) is 9.49. The summed E-state index contributed by atoms with van der Waals surface area (Å²) < 4.78 is 0. The van der Waals surface area contributed by atoms with Crippen LogP contribution in [-0.2, 0) is 0 Å². The maximum Gasteiger partial charge on any atom is 0.456 e. The number of hydrogen-bond acceptors (Lipinski definition) is 4. The number of nitrogens with zero attached hydrogens (tertiary/aromatic N) is 2. The van der Waals surface area contributed by atoms with Gasteiger partial charge in [0.25, 0.3) is 0 Å². The molecule has 1 saturated heterocycles. The van der Waals surface area contributed by atoms with Crippen LogP contribution in [0.5, 0.6) is 0 Å². The average Bonchev–Trinajstić information content (AvgIpc) is 2.68. The second-order valence-electron chi connectivity index (χ2n) is 3.61. The fraction of sp³-hybridized carbons (Fsp3) is 0.444. The first-order valence-corrected chi connectivity index (χ1v) is 4.78. The zero-order chi connectivity index (χ0) is 9.97. The van der Waals surface area contributed by atoms with Gasteiger partial charge in [-0.3, -0.25) is 4.98 Å². The topological polar surface area (TPSA) is 56.6 Å². The van der Waals surface area contributed by atoms with Crippen LogP contribution in [0.1, 0.15) is 6.42 Å². The molecule has 2 heterocycles. The quantitative estimate of drug-likeness (QED) is 0.654. The highest BCUT2D eigenvalue weighted by atomic mass is 16.4. The lowest BCUT2D eigenvalue weighted by Crippen LogP contribution is -2.25. The van der Waals surface area contributed by atoms with Crippen LogP contribution < -0.4 is 4.90 Å². The van der Waals surface area contributed by atoms with Crippen LogP contribution in [0.2, 0.25) is 5.82 Å². The largest absolute Gasteiger partial charge is 0.456 e. The van der Waals surface area contributed by atoms with Crippen molar-refractivity contribution in [2.45, 2.75) is 12.2 Å². The lowest BCUT2D eigenvalue weighted by molar-refractivity contribution is 0.388. The number of rotatable bonds is 2. The third kappa shape index (κ3) is 1.88. The van der Waals surface area contributed by atoms with E-state index in [4.69, 9.17) is 10.0 Å². The molecule has 0 spiro atoms. The molecule has 0 aromatic carbocycles. The monoisotopic (exact) mass is 192 g/mol. The van der Waals surface area contributed by atoms with E-state index in [9.17, 15) is 0 Å². The fourth-order valence-corrected chi connectivity index (χ4v) is 1.82. The van der Waals surface area contributed by atoms with E-state index in [2.05, 4.69) is 9.88 Å². The summed E-state index contributed by atoms with van der Waals surface area (Å²) in [6, 6.07) is 3.87. The molecule has 5 heteroatoms. The van der Waals surface area contributed by atoms with Crippen LogP contribution in [0.25, 0.3) is 0 Å². The highest BCUT2D eigenvalue weighted by molar-refractivity contribution is 6.43. The first-order valence-electron chi connectivity index (χ1n) is 4.78. The van der Waals surface area contributed by atoms with Gasteiger partial charge in [-0.1, -0.05) is 0 Å². The van der Waals surface area contributed by atoms with Crippen molar-refractivity contribution in [3.63, 3.8) is 0 Å². The van der Waals surface area contributed by atoms with Crippen LogP contribution in [0.3, 0.4) is 0 Å². The maximum absolute atomic E-state index is 9.03. The zero-order valence-electron chi connectivity index (χ0n) is 7.87. The number of aromatic nitrogens is 1. The van der Waals surface area contributed by atoms with Gasteiger partial charge in [-0.05, 0) is 18.6 Å². The third-order valence-electron chi connectivity index (χ3n) is 2.67. The summed E-state index contributed by atoms with van der Waals surface area (Å²) >= 11 is 0. The van der Waals surface area contributed by atoms with E-state index < -0.39 is 7.12 Å². The molecule has 2 N–H and O–H groups in total. The van der Waals surface area contributed by atoms with E-state index in [1.54, 1.807) is 12.4 Å². The number of pyridine rings is 1. The van der Waals surface area contributed by atoms with E-state index in [0.717, 1.165) is 18.7 Å². The molecule has 0 amide bonds. The molecule has 1 unspecified atom stereocenters. The standard InChI is InChI=1S/C9H13BN2O2/c13-10(14)8-3-6-12(7-8)9-1-4-11-5-2-9/h1-2,4-5,8,13-14H,3,6-7H2. The second-order valence-corrected chi connectivity index (χ2v) is 3.61. The predicted octanol–water partition coefficient (Wildman–Crippen LogP) is 0.135. The van der Waals surface area contributed by atoms with Crippen LogP contribution >= 0.6 is 0 Å².